The van der Waals surface area contributed by atoms with Gasteiger partial charge in [0.1, 0.15) is 12.4 Å². The highest BCUT2D eigenvalue weighted by Crippen LogP contribution is 2.14. The van der Waals surface area contributed by atoms with Crippen LogP contribution in [0.3, 0.4) is 0 Å². The van der Waals surface area contributed by atoms with E-state index < -0.39 is 17.8 Å². The number of hydrazone groups is 1. The second-order valence-corrected chi connectivity index (χ2v) is 6.17. The zero-order valence-corrected chi connectivity index (χ0v) is 16.1. The second-order valence-electron chi connectivity index (χ2n) is 6.17. The quantitative estimate of drug-likeness (QED) is 0.260. The summed E-state index contributed by atoms with van der Waals surface area (Å²) in [5.74, 6) is -1.87. The maximum Gasteiger partial charge on any atom is 0.335 e. The molecule has 0 unspecified atom stereocenters. The number of rotatable bonds is 9. The third-order valence-corrected chi connectivity index (χ3v) is 3.89. The van der Waals surface area contributed by atoms with Crippen molar-refractivity contribution in [1.29, 1.82) is 0 Å². The van der Waals surface area contributed by atoms with E-state index in [9.17, 15) is 14.4 Å². The van der Waals surface area contributed by atoms with Crippen LogP contribution in [0.25, 0.3) is 0 Å². The topological polar surface area (TPSA) is 117 Å². The minimum atomic E-state index is -0.969. The first-order chi connectivity index (χ1) is 14.0. The van der Waals surface area contributed by atoms with Crippen molar-refractivity contribution in [3.8, 4) is 5.75 Å². The van der Waals surface area contributed by atoms with Crippen LogP contribution in [0.4, 0.5) is 0 Å². The van der Waals surface area contributed by atoms with Crippen LogP contribution in [0.5, 0.6) is 5.75 Å². The summed E-state index contributed by atoms with van der Waals surface area (Å²) in [7, 11) is 0. The van der Waals surface area contributed by atoms with Crippen LogP contribution in [0.2, 0.25) is 0 Å². The van der Waals surface area contributed by atoms with E-state index in [1.165, 1.54) is 18.3 Å². The molecule has 8 nitrogen and oxygen atoms in total. The number of carbonyl (C=O) groups is 3. The minimum absolute atomic E-state index is 0.225. The van der Waals surface area contributed by atoms with Crippen LogP contribution >= 0.6 is 0 Å². The molecule has 2 aromatic rings. The Hall–Kier alpha value is -3.68. The van der Waals surface area contributed by atoms with Crippen LogP contribution in [0.1, 0.15) is 41.3 Å². The van der Waals surface area contributed by atoms with Crippen LogP contribution in [-0.4, -0.2) is 35.6 Å². The molecule has 0 bridgehead atoms. The highest BCUT2D eigenvalue weighted by atomic mass is 16.5. The van der Waals surface area contributed by atoms with Crippen molar-refractivity contribution in [2.45, 2.75) is 26.4 Å². The summed E-state index contributed by atoms with van der Waals surface area (Å²) in [4.78, 5) is 33.9. The van der Waals surface area contributed by atoms with Crippen molar-refractivity contribution >= 4 is 24.0 Å². The maximum absolute atomic E-state index is 11.6. The van der Waals surface area contributed by atoms with E-state index >= 15 is 0 Å². The van der Waals surface area contributed by atoms with Gasteiger partial charge in [-0.1, -0.05) is 25.5 Å². The van der Waals surface area contributed by atoms with Crippen molar-refractivity contribution in [3.63, 3.8) is 0 Å². The van der Waals surface area contributed by atoms with Gasteiger partial charge in [-0.25, -0.2) is 10.2 Å². The number of carboxylic acid groups (broad SMARTS) is 1. The molecular weight excluding hydrogens is 374 g/mol. The lowest BCUT2D eigenvalue weighted by atomic mass is 10.1. The van der Waals surface area contributed by atoms with E-state index in [0.717, 1.165) is 24.0 Å². The Labute approximate surface area is 168 Å². The number of hydrogen-bond acceptors (Lipinski definition) is 5. The summed E-state index contributed by atoms with van der Waals surface area (Å²) in [5.41, 5.74) is 3.97. The lowest BCUT2D eigenvalue weighted by Crippen LogP contribution is -2.38. The van der Waals surface area contributed by atoms with Crippen LogP contribution in [0, 0.1) is 0 Å². The molecule has 0 aliphatic heterocycles. The summed E-state index contributed by atoms with van der Waals surface area (Å²) >= 11 is 0. The summed E-state index contributed by atoms with van der Waals surface area (Å²) < 4.78 is 5.65. The van der Waals surface area contributed by atoms with Gasteiger partial charge < -0.3 is 15.2 Å². The smallest absolute Gasteiger partial charge is 0.335 e. The number of ether oxygens (including phenoxy) is 1. The van der Waals surface area contributed by atoms with Gasteiger partial charge in [-0.05, 0) is 53.9 Å². The molecule has 0 aliphatic carbocycles. The summed E-state index contributed by atoms with van der Waals surface area (Å²) in [5, 5.41) is 15.2. The monoisotopic (exact) mass is 397 g/mol. The average Bonchev–Trinajstić information content (AvgIpc) is 2.73. The Bertz CT molecular complexity index is 861. The van der Waals surface area contributed by atoms with Crippen molar-refractivity contribution in [2.24, 2.45) is 5.10 Å². The Morgan fingerprint density at radius 1 is 1.03 bits per heavy atom. The first-order valence-electron chi connectivity index (χ1n) is 9.16. The number of carbonyl (C=O) groups excluding carboxylic acids is 2. The van der Waals surface area contributed by atoms with Crippen LogP contribution < -0.4 is 15.5 Å². The minimum Gasteiger partial charge on any atom is -0.489 e. The molecular formula is C21H23N3O5. The van der Waals surface area contributed by atoms with E-state index in [4.69, 9.17) is 9.84 Å². The molecule has 0 aliphatic rings. The number of nitrogens with one attached hydrogen (secondary N) is 2. The standard InChI is InChI=1S/C21H23N3O5/c1-2-3-12-22-19(25)20(26)24-23-13-15-6-10-18(11-7-15)29-14-16-4-8-17(9-5-16)21(27)28/h4-11,13H,2-3,12,14H2,1H3,(H,22,25)(H,24,26)(H,27,28)/b23-13-. The summed E-state index contributed by atoms with van der Waals surface area (Å²) in [6.45, 7) is 2.75. The van der Waals surface area contributed by atoms with Crippen molar-refractivity contribution in [3.05, 3.63) is 65.2 Å². The fourth-order valence-corrected chi connectivity index (χ4v) is 2.24. The molecule has 2 aromatic carbocycles. The molecule has 0 aromatic heterocycles. The Morgan fingerprint density at radius 2 is 1.72 bits per heavy atom. The molecule has 0 heterocycles. The highest BCUT2D eigenvalue weighted by molar-refractivity contribution is 6.35. The van der Waals surface area contributed by atoms with E-state index in [-0.39, 0.29) is 5.56 Å². The van der Waals surface area contributed by atoms with E-state index in [1.54, 1.807) is 36.4 Å². The molecule has 152 valence electrons. The van der Waals surface area contributed by atoms with Crippen molar-refractivity contribution < 1.29 is 24.2 Å². The Morgan fingerprint density at radius 3 is 2.34 bits per heavy atom. The van der Waals surface area contributed by atoms with Gasteiger partial charge in [0, 0.05) is 6.54 Å². The lowest BCUT2D eigenvalue weighted by Gasteiger charge is -2.07. The number of benzene rings is 2. The lowest BCUT2D eigenvalue weighted by molar-refractivity contribution is -0.139. The van der Waals surface area contributed by atoms with E-state index in [0.29, 0.717) is 18.9 Å². The highest BCUT2D eigenvalue weighted by Gasteiger charge is 2.10. The Kier molecular flexibility index (Phi) is 8.37. The molecule has 2 amide bonds. The van der Waals surface area contributed by atoms with Gasteiger partial charge in [-0.2, -0.15) is 5.10 Å². The fraction of sp³-hybridized carbons (Fsp3) is 0.238. The normalized spacial score (nSPS) is 10.5. The predicted octanol–water partition coefficient (Wildman–Crippen LogP) is 2.33. The van der Waals surface area contributed by atoms with Gasteiger partial charge in [-0.15, -0.1) is 0 Å². The zero-order valence-electron chi connectivity index (χ0n) is 16.1. The number of hydrogen-bond donors (Lipinski definition) is 3. The molecule has 0 radical (unpaired) electrons. The van der Waals surface area contributed by atoms with Crippen LogP contribution in [0.15, 0.2) is 53.6 Å². The number of nitrogens with zero attached hydrogens (tertiary/aromatic N) is 1. The fourth-order valence-electron chi connectivity index (χ4n) is 2.24. The molecule has 3 N–H and O–H groups in total. The largest absolute Gasteiger partial charge is 0.489 e. The van der Waals surface area contributed by atoms with E-state index in [1.807, 2.05) is 6.92 Å². The van der Waals surface area contributed by atoms with Gasteiger partial charge in [0.25, 0.3) is 0 Å². The Balaban J connectivity index is 1.79. The van der Waals surface area contributed by atoms with Gasteiger partial charge in [0.05, 0.1) is 11.8 Å². The third-order valence-electron chi connectivity index (χ3n) is 3.89. The maximum atomic E-state index is 11.6. The molecule has 29 heavy (non-hydrogen) atoms. The number of unbranched alkanes of at least 4 members (excludes halogenated alkanes) is 1. The summed E-state index contributed by atoms with van der Waals surface area (Å²) in [6, 6.07) is 13.4. The third kappa shape index (κ3) is 7.45. The molecule has 0 saturated carbocycles. The second kappa shape index (κ2) is 11.2. The van der Waals surface area contributed by atoms with Gasteiger partial charge in [0.2, 0.25) is 0 Å². The predicted molar refractivity (Wildman–Crippen MR) is 108 cm³/mol. The molecule has 8 heteroatoms. The molecule has 2 rings (SSSR count). The van der Waals surface area contributed by atoms with Gasteiger partial charge in [-0.3, -0.25) is 9.59 Å². The molecule has 0 atom stereocenters. The number of carboxylic acids is 1. The molecule has 0 saturated heterocycles. The SMILES string of the molecule is CCCCNC(=O)C(=O)N/N=C\c1ccc(OCc2ccc(C(=O)O)cc2)cc1. The van der Waals surface area contributed by atoms with Gasteiger partial charge >= 0.3 is 17.8 Å². The average molecular weight is 397 g/mol. The summed E-state index contributed by atoms with van der Waals surface area (Å²) in [6.07, 6.45) is 3.16. The van der Waals surface area contributed by atoms with Crippen molar-refractivity contribution in [1.82, 2.24) is 10.7 Å². The van der Waals surface area contributed by atoms with Crippen molar-refractivity contribution in [2.75, 3.05) is 6.54 Å². The zero-order chi connectivity index (χ0) is 21.1. The number of amides is 2. The molecule has 0 fully saturated rings. The first-order valence-corrected chi connectivity index (χ1v) is 9.16. The van der Waals surface area contributed by atoms with Gasteiger partial charge in [0.15, 0.2) is 0 Å². The molecule has 0 spiro atoms. The van der Waals surface area contributed by atoms with E-state index in [2.05, 4.69) is 15.8 Å². The van der Waals surface area contributed by atoms with Crippen LogP contribution in [-0.2, 0) is 16.2 Å². The number of aromatic carboxylic acids is 1. The first kappa shape index (κ1) is 21.6.